The molecule has 1 spiro atoms. The number of rotatable bonds is 1. The monoisotopic (exact) mass is 246 g/mol. The van der Waals surface area contributed by atoms with Gasteiger partial charge in [0, 0.05) is 18.4 Å². The average molecular weight is 246 g/mol. The van der Waals surface area contributed by atoms with Gasteiger partial charge in [0.1, 0.15) is 0 Å². The summed E-state index contributed by atoms with van der Waals surface area (Å²) in [5.74, 6) is 2.68. The highest BCUT2D eigenvalue weighted by atomic mass is 32.2. The molecule has 2 heterocycles. The van der Waals surface area contributed by atoms with Crippen LogP contribution in [0.3, 0.4) is 0 Å². The summed E-state index contributed by atoms with van der Waals surface area (Å²) in [5.41, 5.74) is 0. The van der Waals surface area contributed by atoms with Gasteiger partial charge in [-0.25, -0.2) is 8.42 Å². The second-order valence-electron chi connectivity index (χ2n) is 5.91. The third kappa shape index (κ3) is 1.60. The summed E-state index contributed by atoms with van der Waals surface area (Å²) >= 11 is 0. The molecular weight excluding hydrogens is 226 g/mol. The molecule has 2 aliphatic heterocycles. The van der Waals surface area contributed by atoms with Gasteiger partial charge in [-0.2, -0.15) is 0 Å². The van der Waals surface area contributed by atoms with Crippen molar-refractivity contribution in [2.75, 3.05) is 44.3 Å². The molecule has 0 aromatic heterocycles. The van der Waals surface area contributed by atoms with Crippen molar-refractivity contribution in [3.05, 3.63) is 0 Å². The highest BCUT2D eigenvalue weighted by Gasteiger charge is 2.55. The Morgan fingerprint density at radius 3 is 2.50 bits per heavy atom. The molecule has 0 amide bonds. The van der Waals surface area contributed by atoms with Crippen molar-refractivity contribution in [3.8, 4) is 0 Å². The van der Waals surface area contributed by atoms with E-state index >= 15 is 0 Å². The predicted octanol–water partition coefficient (Wildman–Crippen LogP) is -0.510. The van der Waals surface area contributed by atoms with E-state index in [1.54, 1.807) is 0 Å². The van der Waals surface area contributed by atoms with Crippen molar-refractivity contribution >= 4 is 9.84 Å². The van der Waals surface area contributed by atoms with Crippen LogP contribution in [0.1, 0.15) is 6.42 Å². The second kappa shape index (κ2) is 3.43. The minimum atomic E-state index is -2.74. The van der Waals surface area contributed by atoms with Gasteiger partial charge in [-0.05, 0) is 12.3 Å². The molecule has 16 heavy (non-hydrogen) atoms. The average Bonchev–Trinajstić information content (AvgIpc) is 2.50. The van der Waals surface area contributed by atoms with Gasteiger partial charge in [0.05, 0.1) is 37.7 Å². The Hall–Kier alpha value is -0.130. The first-order valence-electron chi connectivity index (χ1n) is 6.20. The van der Waals surface area contributed by atoms with Crippen LogP contribution in [0.2, 0.25) is 0 Å². The topological polar surface area (TPSA) is 54.4 Å². The summed E-state index contributed by atoms with van der Waals surface area (Å²) in [7, 11) is -2.74. The molecule has 92 valence electrons. The number of fused-ring (bicyclic) bond motifs is 1. The molecule has 0 unspecified atom stereocenters. The zero-order valence-corrected chi connectivity index (χ0v) is 10.3. The molecule has 1 saturated carbocycles. The fourth-order valence-corrected chi connectivity index (χ4v) is 5.44. The van der Waals surface area contributed by atoms with E-state index < -0.39 is 9.84 Å². The van der Waals surface area contributed by atoms with Gasteiger partial charge in [-0.1, -0.05) is 0 Å². The first kappa shape index (κ1) is 11.0. The fourth-order valence-electron chi connectivity index (χ4n) is 3.91. The van der Waals surface area contributed by atoms with Gasteiger partial charge in [0.25, 0.3) is 0 Å². The maximum Gasteiger partial charge on any atom is 0.161 e. The van der Waals surface area contributed by atoms with Crippen molar-refractivity contribution < 1.29 is 18.0 Å². The highest BCUT2D eigenvalue weighted by Crippen LogP contribution is 2.48. The first-order chi connectivity index (χ1) is 7.54. The zero-order chi connectivity index (χ0) is 11.4. The molecule has 4 nitrogen and oxygen atoms in total. The van der Waals surface area contributed by atoms with Gasteiger partial charge >= 0.3 is 0 Å². The molecule has 0 aromatic rings. The standard InChI is InChI=1S/C11H20NO3S/c13-8-10-5-9-6-12(7-11(9)10)1-3-16(14,15)4-2-12/h9-11,13H,1-8H2/q+1/t9-,10-,11+/m1/s1. The van der Waals surface area contributed by atoms with Crippen molar-refractivity contribution in [2.45, 2.75) is 6.42 Å². The Morgan fingerprint density at radius 2 is 1.88 bits per heavy atom. The minimum Gasteiger partial charge on any atom is -0.396 e. The Bertz CT molecular complexity index is 378. The lowest BCUT2D eigenvalue weighted by molar-refractivity contribution is -0.915. The number of sulfone groups is 1. The zero-order valence-electron chi connectivity index (χ0n) is 9.51. The normalized spacial score (nSPS) is 43.9. The maximum atomic E-state index is 11.4. The van der Waals surface area contributed by atoms with E-state index in [9.17, 15) is 13.5 Å². The Labute approximate surface area is 96.8 Å². The number of aliphatic hydroxyl groups is 1. The predicted molar refractivity (Wildman–Crippen MR) is 60.6 cm³/mol. The van der Waals surface area contributed by atoms with Crippen LogP contribution in [0.15, 0.2) is 0 Å². The molecule has 0 radical (unpaired) electrons. The largest absolute Gasteiger partial charge is 0.396 e. The fraction of sp³-hybridized carbons (Fsp3) is 1.00. The molecule has 3 atom stereocenters. The Kier molecular flexibility index (Phi) is 2.36. The number of quaternary nitrogens is 1. The summed E-state index contributed by atoms with van der Waals surface area (Å²) < 4.78 is 23.9. The summed E-state index contributed by atoms with van der Waals surface area (Å²) in [5, 5.41) is 9.20. The summed E-state index contributed by atoms with van der Waals surface area (Å²) in [6.07, 6.45) is 1.16. The molecule has 3 fully saturated rings. The molecule has 2 saturated heterocycles. The van der Waals surface area contributed by atoms with E-state index in [4.69, 9.17) is 0 Å². The number of hydrogen-bond acceptors (Lipinski definition) is 3. The van der Waals surface area contributed by atoms with Gasteiger partial charge < -0.3 is 9.59 Å². The molecule has 3 aliphatic rings. The maximum absolute atomic E-state index is 11.4. The van der Waals surface area contributed by atoms with E-state index in [0.717, 1.165) is 43.0 Å². The van der Waals surface area contributed by atoms with E-state index in [2.05, 4.69) is 0 Å². The van der Waals surface area contributed by atoms with Crippen molar-refractivity contribution in [2.24, 2.45) is 17.8 Å². The van der Waals surface area contributed by atoms with E-state index in [1.165, 1.54) is 0 Å². The van der Waals surface area contributed by atoms with Crippen LogP contribution in [-0.4, -0.2) is 62.3 Å². The smallest absolute Gasteiger partial charge is 0.161 e. The molecule has 1 N–H and O–H groups in total. The van der Waals surface area contributed by atoms with Crippen LogP contribution in [0.4, 0.5) is 0 Å². The Balaban J connectivity index is 1.70. The van der Waals surface area contributed by atoms with Crippen LogP contribution in [-0.2, 0) is 9.84 Å². The molecule has 0 bridgehead atoms. The summed E-state index contributed by atoms with van der Waals surface area (Å²) in [6, 6.07) is 0. The SMILES string of the molecule is O=S1(=O)CC[N+]2(CC1)C[C@H]1C[C@H](CO)[C@H]1C2. The molecular formula is C11H20NO3S+. The third-order valence-corrected chi connectivity index (χ3v) is 6.63. The van der Waals surface area contributed by atoms with Crippen LogP contribution >= 0.6 is 0 Å². The minimum absolute atomic E-state index is 0.319. The summed E-state index contributed by atoms with van der Waals surface area (Å²) in [4.78, 5) is 0. The van der Waals surface area contributed by atoms with Gasteiger partial charge in [0.15, 0.2) is 9.84 Å². The van der Waals surface area contributed by atoms with E-state index in [1.807, 2.05) is 0 Å². The van der Waals surface area contributed by atoms with Crippen molar-refractivity contribution in [1.82, 2.24) is 0 Å². The lowest BCUT2D eigenvalue weighted by Crippen LogP contribution is -2.55. The summed E-state index contributed by atoms with van der Waals surface area (Å²) in [6.45, 7) is 4.22. The van der Waals surface area contributed by atoms with Crippen LogP contribution in [0, 0.1) is 17.8 Å². The molecule has 3 rings (SSSR count). The second-order valence-corrected chi connectivity index (χ2v) is 8.21. The Morgan fingerprint density at radius 1 is 1.19 bits per heavy atom. The van der Waals surface area contributed by atoms with E-state index in [0.29, 0.717) is 29.9 Å². The lowest BCUT2D eigenvalue weighted by atomic mass is 9.67. The van der Waals surface area contributed by atoms with Gasteiger partial charge in [-0.15, -0.1) is 0 Å². The molecule has 5 heteroatoms. The van der Waals surface area contributed by atoms with Crippen LogP contribution < -0.4 is 0 Å². The van der Waals surface area contributed by atoms with Crippen LogP contribution in [0.5, 0.6) is 0 Å². The van der Waals surface area contributed by atoms with Gasteiger partial charge in [0.2, 0.25) is 0 Å². The lowest BCUT2D eigenvalue weighted by Gasteiger charge is -2.37. The number of aliphatic hydroxyl groups excluding tert-OH is 1. The third-order valence-electron chi connectivity index (χ3n) is 5.02. The van der Waals surface area contributed by atoms with E-state index in [-0.39, 0.29) is 0 Å². The quantitative estimate of drug-likeness (QED) is 0.634. The highest BCUT2D eigenvalue weighted by molar-refractivity contribution is 7.91. The number of hydrogen-bond donors (Lipinski definition) is 1. The van der Waals surface area contributed by atoms with Gasteiger partial charge in [-0.3, -0.25) is 0 Å². The van der Waals surface area contributed by atoms with Crippen LogP contribution in [0.25, 0.3) is 0 Å². The molecule has 1 aliphatic carbocycles. The number of nitrogens with zero attached hydrogens (tertiary/aromatic N) is 1. The van der Waals surface area contributed by atoms with Crippen molar-refractivity contribution in [1.29, 1.82) is 0 Å². The first-order valence-corrected chi connectivity index (χ1v) is 8.02. The molecule has 0 aromatic carbocycles. The van der Waals surface area contributed by atoms with Crippen molar-refractivity contribution in [3.63, 3.8) is 0 Å².